The summed E-state index contributed by atoms with van der Waals surface area (Å²) < 4.78 is 12.7. The fourth-order valence-electron chi connectivity index (χ4n) is 0.694. The van der Waals surface area contributed by atoms with Crippen LogP contribution in [0.25, 0.3) is 0 Å². The first-order valence-corrected chi connectivity index (χ1v) is 3.65. The number of nitrogens with two attached hydrogens (primary N) is 1. The molecule has 0 heterocycles. The Bertz CT molecular complexity index is 300. The zero-order valence-electron chi connectivity index (χ0n) is 5.47. The number of benzene rings is 1. The lowest BCUT2D eigenvalue weighted by Crippen LogP contribution is -2.10. The SMILES string of the molecule is NC(=S)c1cccc(F)c1Cl. The van der Waals surface area contributed by atoms with Crippen LogP contribution >= 0.6 is 23.8 Å². The summed E-state index contributed by atoms with van der Waals surface area (Å²) in [5.41, 5.74) is 5.64. The van der Waals surface area contributed by atoms with Crippen molar-refractivity contribution in [1.29, 1.82) is 0 Å². The molecule has 0 aliphatic carbocycles. The Labute approximate surface area is 74.0 Å². The van der Waals surface area contributed by atoms with Crippen LogP contribution in [0.3, 0.4) is 0 Å². The third-order valence-electron chi connectivity index (χ3n) is 1.22. The van der Waals surface area contributed by atoms with Crippen LogP contribution in [-0.4, -0.2) is 4.99 Å². The minimum absolute atomic E-state index is 0.0139. The van der Waals surface area contributed by atoms with Crippen LogP contribution in [0.1, 0.15) is 5.56 Å². The smallest absolute Gasteiger partial charge is 0.142 e. The third-order valence-corrected chi connectivity index (χ3v) is 1.82. The molecule has 0 spiro atoms. The molecule has 1 aromatic carbocycles. The van der Waals surface area contributed by atoms with Gasteiger partial charge >= 0.3 is 0 Å². The molecule has 2 N–H and O–H groups in total. The van der Waals surface area contributed by atoms with E-state index in [9.17, 15) is 4.39 Å². The van der Waals surface area contributed by atoms with Crippen molar-refractivity contribution in [2.45, 2.75) is 0 Å². The van der Waals surface area contributed by atoms with E-state index in [-0.39, 0.29) is 10.0 Å². The molecular weight excluding hydrogens is 185 g/mol. The van der Waals surface area contributed by atoms with Gasteiger partial charge in [-0.1, -0.05) is 36.0 Å². The van der Waals surface area contributed by atoms with E-state index in [4.69, 9.17) is 17.3 Å². The number of hydrogen-bond acceptors (Lipinski definition) is 1. The molecule has 58 valence electrons. The van der Waals surface area contributed by atoms with Gasteiger partial charge < -0.3 is 5.73 Å². The highest BCUT2D eigenvalue weighted by Gasteiger charge is 2.06. The van der Waals surface area contributed by atoms with Crippen LogP contribution in [0.5, 0.6) is 0 Å². The standard InChI is InChI=1S/C7H5ClFNS/c8-6-4(7(10)11)2-1-3-5(6)9/h1-3H,(H2,10,11). The van der Waals surface area contributed by atoms with Gasteiger partial charge in [0.15, 0.2) is 0 Å². The molecule has 0 amide bonds. The van der Waals surface area contributed by atoms with Crippen LogP contribution < -0.4 is 5.73 Å². The second kappa shape index (κ2) is 3.15. The van der Waals surface area contributed by atoms with Crippen molar-refractivity contribution in [2.24, 2.45) is 5.73 Å². The molecule has 0 radical (unpaired) electrons. The molecule has 0 unspecified atom stereocenters. The van der Waals surface area contributed by atoms with Gasteiger partial charge in [-0.05, 0) is 6.07 Å². The van der Waals surface area contributed by atoms with Crippen molar-refractivity contribution in [2.75, 3.05) is 0 Å². The maximum Gasteiger partial charge on any atom is 0.142 e. The second-order valence-corrected chi connectivity index (χ2v) is 2.78. The molecule has 0 fully saturated rings. The predicted octanol–water partition coefficient (Wildman–Crippen LogP) is 2.11. The van der Waals surface area contributed by atoms with Crippen molar-refractivity contribution in [3.8, 4) is 0 Å². The molecule has 0 aliphatic rings. The lowest BCUT2D eigenvalue weighted by Gasteiger charge is -2.00. The predicted molar refractivity (Wildman–Crippen MR) is 47.3 cm³/mol. The Balaban J connectivity index is 3.27. The summed E-state index contributed by atoms with van der Waals surface area (Å²) in [6.45, 7) is 0. The first-order valence-electron chi connectivity index (χ1n) is 2.86. The Morgan fingerprint density at radius 2 is 2.18 bits per heavy atom. The fraction of sp³-hybridized carbons (Fsp3) is 0. The fourth-order valence-corrected chi connectivity index (χ4v) is 1.15. The second-order valence-electron chi connectivity index (χ2n) is 1.97. The molecule has 0 saturated heterocycles. The highest BCUT2D eigenvalue weighted by atomic mass is 35.5. The molecule has 1 aromatic rings. The van der Waals surface area contributed by atoms with E-state index in [2.05, 4.69) is 12.2 Å². The number of halogens is 2. The van der Waals surface area contributed by atoms with Crippen molar-refractivity contribution in [1.82, 2.24) is 0 Å². The molecule has 0 saturated carbocycles. The Morgan fingerprint density at radius 1 is 1.55 bits per heavy atom. The van der Waals surface area contributed by atoms with Crippen LogP contribution in [0.15, 0.2) is 18.2 Å². The molecule has 0 aliphatic heterocycles. The minimum Gasteiger partial charge on any atom is -0.389 e. The molecule has 11 heavy (non-hydrogen) atoms. The van der Waals surface area contributed by atoms with Crippen molar-refractivity contribution >= 4 is 28.8 Å². The summed E-state index contributed by atoms with van der Waals surface area (Å²) in [6, 6.07) is 4.34. The van der Waals surface area contributed by atoms with Crippen LogP contribution in [0.4, 0.5) is 4.39 Å². The van der Waals surface area contributed by atoms with E-state index in [1.165, 1.54) is 12.1 Å². The van der Waals surface area contributed by atoms with Gasteiger partial charge in [0.25, 0.3) is 0 Å². The van der Waals surface area contributed by atoms with Gasteiger partial charge in [-0.15, -0.1) is 0 Å². The molecule has 4 heteroatoms. The van der Waals surface area contributed by atoms with Gasteiger partial charge in [-0.2, -0.15) is 0 Å². The third kappa shape index (κ3) is 1.67. The van der Waals surface area contributed by atoms with Gasteiger partial charge in [0.1, 0.15) is 10.8 Å². The maximum atomic E-state index is 12.7. The average Bonchev–Trinajstić information content (AvgIpc) is 1.94. The van der Waals surface area contributed by atoms with E-state index in [1.54, 1.807) is 6.07 Å². The zero-order chi connectivity index (χ0) is 8.43. The van der Waals surface area contributed by atoms with Crippen molar-refractivity contribution < 1.29 is 4.39 Å². The van der Waals surface area contributed by atoms with Crippen LogP contribution in [-0.2, 0) is 0 Å². The summed E-state index contributed by atoms with van der Waals surface area (Å²) in [7, 11) is 0. The summed E-state index contributed by atoms with van der Waals surface area (Å²) in [6.07, 6.45) is 0. The van der Waals surface area contributed by atoms with E-state index in [0.717, 1.165) is 0 Å². The molecule has 0 aromatic heterocycles. The first-order chi connectivity index (χ1) is 5.13. The van der Waals surface area contributed by atoms with Gasteiger partial charge in [0.05, 0.1) is 5.02 Å². The Morgan fingerprint density at radius 3 is 2.64 bits per heavy atom. The molecule has 1 nitrogen and oxygen atoms in total. The monoisotopic (exact) mass is 189 g/mol. The average molecular weight is 190 g/mol. The summed E-state index contributed by atoms with van der Waals surface area (Å²) >= 11 is 10.2. The van der Waals surface area contributed by atoms with Gasteiger partial charge in [-0.3, -0.25) is 0 Å². The molecular formula is C7H5ClFNS. The first kappa shape index (κ1) is 8.43. The minimum atomic E-state index is -0.503. The largest absolute Gasteiger partial charge is 0.389 e. The van der Waals surface area contributed by atoms with E-state index < -0.39 is 5.82 Å². The number of rotatable bonds is 1. The molecule has 0 atom stereocenters. The lowest BCUT2D eigenvalue weighted by molar-refractivity contribution is 0.628. The van der Waals surface area contributed by atoms with E-state index >= 15 is 0 Å². The zero-order valence-corrected chi connectivity index (χ0v) is 7.05. The van der Waals surface area contributed by atoms with Gasteiger partial charge in [0.2, 0.25) is 0 Å². The summed E-state index contributed by atoms with van der Waals surface area (Å²) in [4.78, 5) is 0.106. The lowest BCUT2D eigenvalue weighted by atomic mass is 10.2. The van der Waals surface area contributed by atoms with Gasteiger partial charge in [0, 0.05) is 5.56 Å². The van der Waals surface area contributed by atoms with E-state index in [0.29, 0.717) is 5.56 Å². The van der Waals surface area contributed by atoms with Gasteiger partial charge in [-0.25, -0.2) is 4.39 Å². The van der Waals surface area contributed by atoms with Crippen molar-refractivity contribution in [3.63, 3.8) is 0 Å². The van der Waals surface area contributed by atoms with Crippen molar-refractivity contribution in [3.05, 3.63) is 34.6 Å². The number of hydrogen-bond donors (Lipinski definition) is 1. The summed E-state index contributed by atoms with van der Waals surface area (Å²) in [5.74, 6) is -0.503. The van der Waals surface area contributed by atoms with E-state index in [1.807, 2.05) is 0 Å². The van der Waals surface area contributed by atoms with Crippen LogP contribution in [0.2, 0.25) is 5.02 Å². The summed E-state index contributed by atoms with van der Waals surface area (Å²) in [5, 5.41) is -0.0139. The van der Waals surface area contributed by atoms with Crippen LogP contribution in [0, 0.1) is 5.82 Å². The molecule has 0 bridgehead atoms. The topological polar surface area (TPSA) is 26.0 Å². The maximum absolute atomic E-state index is 12.7. The highest BCUT2D eigenvalue weighted by molar-refractivity contribution is 7.80. The Hall–Kier alpha value is -0.670. The normalized spacial score (nSPS) is 9.64. The Kier molecular flexibility index (Phi) is 2.42. The quantitative estimate of drug-likeness (QED) is 0.685. The highest BCUT2D eigenvalue weighted by Crippen LogP contribution is 2.18. The molecule has 1 rings (SSSR count). The number of thiocarbonyl (C=S) groups is 1.